The molecule has 13 heteroatoms. The molecule has 1 saturated carbocycles. The smallest absolute Gasteiger partial charge is 0.269 e. The number of methoxy groups -OCH3 is 1. The molecule has 2 aliphatic carbocycles. The number of phenolic OH excluding ortho intramolecular Hbond substituents is 1. The SMILES string of the molecule is COc1cc([C@H]2C3=CC[C@@H]4C(=O)N(c5ccc([N+](=O)[O-])cc5)C(=O)[C@@H]4[C@@H]3C[C@H]3C(=O)N(c4ccccc4)C(=O)[C@@]23C)c(Br)c(Br)c1O. The molecule has 6 atom stereocenters. The average Bonchev–Trinajstić information content (AvgIpc) is 3.44. The van der Waals surface area contributed by atoms with Crippen molar-refractivity contribution < 1.29 is 33.9 Å². The first kappa shape index (κ1) is 31.3. The average molecular weight is 765 g/mol. The minimum absolute atomic E-state index is 0.148. The summed E-state index contributed by atoms with van der Waals surface area (Å²) in [4.78, 5) is 70.0. The van der Waals surface area contributed by atoms with Crippen LogP contribution in [-0.2, 0) is 19.2 Å². The van der Waals surface area contributed by atoms with Gasteiger partial charge in [-0.15, -0.1) is 0 Å². The molecule has 240 valence electrons. The number of nitro groups is 1. The van der Waals surface area contributed by atoms with Gasteiger partial charge in [-0.3, -0.25) is 34.2 Å². The number of non-ortho nitro benzene ring substituents is 1. The van der Waals surface area contributed by atoms with Crippen molar-refractivity contribution in [3.05, 3.63) is 96.9 Å². The zero-order chi connectivity index (χ0) is 33.5. The molecule has 4 amide bonds. The van der Waals surface area contributed by atoms with Crippen molar-refractivity contribution in [1.29, 1.82) is 0 Å². The Hall–Kier alpha value is -4.36. The van der Waals surface area contributed by atoms with Crippen LogP contribution in [0, 0.1) is 39.2 Å². The predicted octanol–water partition coefficient (Wildman–Crippen LogP) is 6.27. The first-order valence-electron chi connectivity index (χ1n) is 14.9. The molecule has 0 spiro atoms. The van der Waals surface area contributed by atoms with E-state index in [0.717, 1.165) is 10.5 Å². The Morgan fingerprint density at radius 1 is 0.915 bits per heavy atom. The topological polar surface area (TPSA) is 147 Å². The lowest BCUT2D eigenvalue weighted by Gasteiger charge is -2.49. The number of phenols is 1. The molecule has 2 aliphatic heterocycles. The highest BCUT2D eigenvalue weighted by Gasteiger charge is 2.68. The predicted molar refractivity (Wildman–Crippen MR) is 177 cm³/mol. The maximum atomic E-state index is 14.6. The van der Waals surface area contributed by atoms with Gasteiger partial charge in [0.25, 0.3) is 5.69 Å². The molecule has 3 aromatic carbocycles. The monoisotopic (exact) mass is 763 g/mol. The zero-order valence-electron chi connectivity index (χ0n) is 25.1. The van der Waals surface area contributed by atoms with Crippen molar-refractivity contribution in [2.45, 2.75) is 25.7 Å². The number of allylic oxidation sites excluding steroid dienone is 2. The van der Waals surface area contributed by atoms with E-state index in [1.807, 2.05) is 6.08 Å². The quantitative estimate of drug-likeness (QED) is 0.139. The lowest BCUT2D eigenvalue weighted by atomic mass is 9.51. The van der Waals surface area contributed by atoms with Gasteiger partial charge in [0, 0.05) is 22.5 Å². The van der Waals surface area contributed by atoms with Crippen molar-refractivity contribution in [3.8, 4) is 11.5 Å². The molecule has 1 N–H and O–H groups in total. The number of hydrogen-bond donors (Lipinski definition) is 1. The molecular formula is C34H27Br2N3O8. The molecule has 2 saturated heterocycles. The number of carbonyl (C=O) groups is 4. The largest absolute Gasteiger partial charge is 0.503 e. The van der Waals surface area contributed by atoms with E-state index in [9.17, 15) is 34.4 Å². The van der Waals surface area contributed by atoms with Crippen LogP contribution in [0.5, 0.6) is 11.5 Å². The standard InChI is InChI=1S/C34H27Br2N3O8/c1-34-23(31(42)38(33(34)44)16-6-4-3-5-7-16)14-21-19(26(34)22-15-24(47-2)29(40)28(36)27(22)35)12-13-20-25(21)32(43)37(30(20)41)17-8-10-18(11-9-17)39(45)46/h3-12,15,20-21,23,25-26,40H,13-14H2,1-2H3/t20-,21+,23-,25-,26+,34+/m0/s1. The highest BCUT2D eigenvalue weighted by Crippen LogP contribution is 2.65. The van der Waals surface area contributed by atoms with Crippen LogP contribution >= 0.6 is 31.9 Å². The number of ether oxygens (including phenoxy) is 1. The Morgan fingerprint density at radius 3 is 2.21 bits per heavy atom. The number of aromatic hydroxyl groups is 1. The maximum Gasteiger partial charge on any atom is 0.269 e. The summed E-state index contributed by atoms with van der Waals surface area (Å²) >= 11 is 7.07. The van der Waals surface area contributed by atoms with Gasteiger partial charge in [-0.25, -0.2) is 4.90 Å². The number of nitro benzene ring substituents is 1. The number of carbonyl (C=O) groups excluding carboxylic acids is 4. The molecule has 3 aromatic rings. The summed E-state index contributed by atoms with van der Waals surface area (Å²) in [5.74, 6) is -5.33. The summed E-state index contributed by atoms with van der Waals surface area (Å²) in [6.45, 7) is 1.78. The highest BCUT2D eigenvalue weighted by atomic mass is 79.9. The lowest BCUT2D eigenvalue weighted by Crippen LogP contribution is -2.49. The molecule has 11 nitrogen and oxygen atoms in total. The van der Waals surface area contributed by atoms with E-state index in [2.05, 4.69) is 31.9 Å². The third-order valence-corrected chi connectivity index (χ3v) is 12.5. The second-order valence-corrected chi connectivity index (χ2v) is 14.0. The first-order valence-corrected chi connectivity index (χ1v) is 16.5. The van der Waals surface area contributed by atoms with E-state index in [-0.39, 0.29) is 47.5 Å². The fraction of sp³-hybridized carbons (Fsp3) is 0.294. The van der Waals surface area contributed by atoms with Gasteiger partial charge in [0.05, 0.1) is 51.0 Å². The van der Waals surface area contributed by atoms with Gasteiger partial charge in [0.15, 0.2) is 11.5 Å². The van der Waals surface area contributed by atoms with Crippen LogP contribution in [0.25, 0.3) is 0 Å². The van der Waals surface area contributed by atoms with E-state index in [1.54, 1.807) is 43.3 Å². The highest BCUT2D eigenvalue weighted by molar-refractivity contribution is 9.13. The van der Waals surface area contributed by atoms with Gasteiger partial charge in [-0.2, -0.15) is 0 Å². The van der Waals surface area contributed by atoms with Crippen LogP contribution in [0.3, 0.4) is 0 Å². The molecule has 0 aromatic heterocycles. The summed E-state index contributed by atoms with van der Waals surface area (Å²) in [6, 6.07) is 15.6. The minimum Gasteiger partial charge on any atom is -0.503 e. The first-order chi connectivity index (χ1) is 22.4. The van der Waals surface area contributed by atoms with Gasteiger partial charge >= 0.3 is 0 Å². The molecule has 0 bridgehead atoms. The van der Waals surface area contributed by atoms with E-state index >= 15 is 0 Å². The fourth-order valence-corrected chi connectivity index (χ4v) is 9.09. The second-order valence-electron chi connectivity index (χ2n) is 12.4. The van der Waals surface area contributed by atoms with Crippen LogP contribution in [0.1, 0.15) is 31.2 Å². The number of para-hydroxylation sites is 1. The molecule has 2 heterocycles. The summed E-state index contributed by atoms with van der Waals surface area (Å²) in [5.41, 5.74) is 0.539. The summed E-state index contributed by atoms with van der Waals surface area (Å²) in [7, 11) is 1.41. The Kier molecular flexibility index (Phi) is 7.39. The number of halogens is 2. The Morgan fingerprint density at radius 2 is 1.57 bits per heavy atom. The Balaban J connectivity index is 1.39. The van der Waals surface area contributed by atoms with Crippen molar-refractivity contribution in [2.75, 3.05) is 16.9 Å². The summed E-state index contributed by atoms with van der Waals surface area (Å²) < 4.78 is 6.25. The van der Waals surface area contributed by atoms with Gasteiger partial charge < -0.3 is 9.84 Å². The van der Waals surface area contributed by atoms with Crippen LogP contribution in [0.15, 0.2) is 81.3 Å². The van der Waals surface area contributed by atoms with E-state index in [1.165, 1.54) is 36.3 Å². The minimum atomic E-state index is -1.30. The van der Waals surface area contributed by atoms with Crippen LogP contribution in [0.4, 0.5) is 17.1 Å². The van der Waals surface area contributed by atoms with Crippen molar-refractivity contribution >= 4 is 72.6 Å². The number of benzene rings is 3. The summed E-state index contributed by atoms with van der Waals surface area (Å²) in [5, 5.41) is 22.0. The van der Waals surface area contributed by atoms with Gasteiger partial charge in [-0.1, -0.05) is 29.8 Å². The molecule has 0 radical (unpaired) electrons. The third kappa shape index (κ3) is 4.35. The number of hydrogen-bond acceptors (Lipinski definition) is 8. The molecule has 0 unspecified atom stereocenters. The molecular weight excluding hydrogens is 738 g/mol. The maximum absolute atomic E-state index is 14.6. The van der Waals surface area contributed by atoms with Gasteiger partial charge in [0.2, 0.25) is 23.6 Å². The third-order valence-electron chi connectivity index (χ3n) is 10.3. The number of anilines is 2. The molecule has 47 heavy (non-hydrogen) atoms. The molecule has 4 aliphatic rings. The number of imide groups is 2. The molecule has 3 fully saturated rings. The number of amides is 4. The van der Waals surface area contributed by atoms with Crippen LogP contribution in [-0.4, -0.2) is 40.8 Å². The van der Waals surface area contributed by atoms with Gasteiger partial charge in [0.1, 0.15) is 0 Å². The fourth-order valence-electron chi connectivity index (χ4n) is 8.14. The second kappa shape index (κ2) is 11.1. The van der Waals surface area contributed by atoms with Crippen LogP contribution in [0.2, 0.25) is 0 Å². The van der Waals surface area contributed by atoms with Crippen LogP contribution < -0.4 is 14.5 Å². The van der Waals surface area contributed by atoms with E-state index in [4.69, 9.17) is 4.74 Å². The summed E-state index contributed by atoms with van der Waals surface area (Å²) in [6.07, 6.45) is 2.31. The van der Waals surface area contributed by atoms with E-state index in [0.29, 0.717) is 20.2 Å². The lowest BCUT2D eigenvalue weighted by molar-refractivity contribution is -0.384. The van der Waals surface area contributed by atoms with Crippen molar-refractivity contribution in [1.82, 2.24) is 0 Å². The zero-order valence-corrected chi connectivity index (χ0v) is 28.2. The number of rotatable bonds is 5. The van der Waals surface area contributed by atoms with Crippen molar-refractivity contribution in [3.63, 3.8) is 0 Å². The Labute approximate surface area is 285 Å². The van der Waals surface area contributed by atoms with Crippen molar-refractivity contribution in [2.24, 2.45) is 29.1 Å². The normalized spacial score (nSPS) is 28.2. The number of nitrogens with zero attached hydrogens (tertiary/aromatic N) is 3. The van der Waals surface area contributed by atoms with E-state index < -0.39 is 51.7 Å². The molecule has 7 rings (SSSR count). The number of fused-ring (bicyclic) bond motifs is 4. The Bertz CT molecular complexity index is 1930. The van der Waals surface area contributed by atoms with Gasteiger partial charge in [-0.05, 0) is 93.4 Å².